The Labute approximate surface area is 87.9 Å². The van der Waals surface area contributed by atoms with Crippen molar-refractivity contribution in [2.45, 2.75) is 19.3 Å². The minimum atomic E-state index is -0.235. The molecule has 1 atom stereocenters. The van der Waals surface area contributed by atoms with E-state index in [-0.39, 0.29) is 18.6 Å². The van der Waals surface area contributed by atoms with Crippen LogP contribution in [0, 0.1) is 0 Å². The normalized spacial score (nSPS) is 18.6. The minimum absolute atomic E-state index is 0.0442. The quantitative estimate of drug-likeness (QED) is 0.693. The number of aliphatic hydroxyl groups excluding tert-OH is 1. The second-order valence-electron chi connectivity index (χ2n) is 3.51. The number of amides is 1. The second-order valence-corrected chi connectivity index (χ2v) is 3.51. The Morgan fingerprint density at radius 2 is 2.00 bits per heavy atom. The number of rotatable bonds is 4. The lowest BCUT2D eigenvalue weighted by Gasteiger charge is -2.04. The molecule has 0 radical (unpaired) electrons. The van der Waals surface area contributed by atoms with E-state index in [0.717, 1.165) is 11.1 Å². The number of aliphatic hydroxyl groups is 1. The molecule has 1 amide bonds. The van der Waals surface area contributed by atoms with E-state index in [2.05, 4.69) is 5.32 Å². The monoisotopic (exact) mass is 207 g/mol. The Morgan fingerprint density at radius 3 is 2.53 bits per heavy atom. The van der Waals surface area contributed by atoms with Crippen molar-refractivity contribution in [3.63, 3.8) is 0 Å². The fraction of sp³-hybridized carbons (Fsp3) is 0.364. The van der Waals surface area contributed by atoms with E-state index in [4.69, 9.17) is 9.84 Å². The van der Waals surface area contributed by atoms with Crippen molar-refractivity contribution in [1.29, 1.82) is 0 Å². The highest BCUT2D eigenvalue weighted by Crippen LogP contribution is 2.09. The SMILES string of the molecule is O=C(NCc1ccc(CO)cc1)[C@@H]1CO1. The summed E-state index contributed by atoms with van der Waals surface area (Å²) in [4.78, 5) is 11.2. The van der Waals surface area contributed by atoms with Crippen molar-refractivity contribution in [3.05, 3.63) is 35.4 Å². The van der Waals surface area contributed by atoms with Crippen molar-refractivity contribution in [1.82, 2.24) is 5.32 Å². The van der Waals surface area contributed by atoms with Gasteiger partial charge >= 0.3 is 0 Å². The highest BCUT2D eigenvalue weighted by atomic mass is 16.6. The molecule has 1 aliphatic rings. The molecule has 1 fully saturated rings. The van der Waals surface area contributed by atoms with Crippen molar-refractivity contribution in [2.75, 3.05) is 6.61 Å². The molecular weight excluding hydrogens is 194 g/mol. The molecule has 1 saturated heterocycles. The van der Waals surface area contributed by atoms with Gasteiger partial charge in [0.15, 0.2) is 6.10 Å². The van der Waals surface area contributed by atoms with Crippen LogP contribution in [0.1, 0.15) is 11.1 Å². The van der Waals surface area contributed by atoms with E-state index in [1.165, 1.54) is 0 Å². The van der Waals surface area contributed by atoms with Crippen LogP contribution in [0.5, 0.6) is 0 Å². The molecule has 1 aromatic carbocycles. The van der Waals surface area contributed by atoms with Gasteiger partial charge in [-0.3, -0.25) is 4.79 Å². The number of carbonyl (C=O) groups excluding carboxylic acids is 1. The number of benzene rings is 1. The molecule has 4 heteroatoms. The fourth-order valence-electron chi connectivity index (χ4n) is 1.27. The van der Waals surface area contributed by atoms with Gasteiger partial charge in [-0.05, 0) is 11.1 Å². The summed E-state index contributed by atoms with van der Waals surface area (Å²) < 4.78 is 4.85. The molecule has 0 saturated carbocycles. The van der Waals surface area contributed by atoms with E-state index in [1.54, 1.807) is 0 Å². The lowest BCUT2D eigenvalue weighted by atomic mass is 10.1. The van der Waals surface area contributed by atoms with Gasteiger partial charge in [0, 0.05) is 6.54 Å². The summed E-state index contributed by atoms with van der Waals surface area (Å²) in [7, 11) is 0. The van der Waals surface area contributed by atoms with Crippen LogP contribution in [0.2, 0.25) is 0 Å². The van der Waals surface area contributed by atoms with Crippen LogP contribution in [0.4, 0.5) is 0 Å². The summed E-state index contributed by atoms with van der Waals surface area (Å²) in [6, 6.07) is 7.46. The molecule has 1 aliphatic heterocycles. The third kappa shape index (κ3) is 2.78. The third-order valence-electron chi connectivity index (χ3n) is 2.30. The standard InChI is InChI=1S/C11H13NO3/c13-6-9-3-1-8(2-4-9)5-12-11(14)10-7-15-10/h1-4,10,13H,5-7H2,(H,12,14)/t10-/m0/s1. The van der Waals surface area contributed by atoms with Crippen LogP contribution < -0.4 is 5.32 Å². The van der Waals surface area contributed by atoms with Gasteiger partial charge in [-0.25, -0.2) is 0 Å². The van der Waals surface area contributed by atoms with Gasteiger partial charge in [0.2, 0.25) is 0 Å². The average molecular weight is 207 g/mol. The minimum Gasteiger partial charge on any atom is -0.392 e. The van der Waals surface area contributed by atoms with Crippen LogP contribution in [0.15, 0.2) is 24.3 Å². The molecule has 1 aromatic rings. The Balaban J connectivity index is 1.84. The predicted molar refractivity (Wildman–Crippen MR) is 54.0 cm³/mol. The van der Waals surface area contributed by atoms with Crippen molar-refractivity contribution in [3.8, 4) is 0 Å². The molecule has 0 spiro atoms. The first-order valence-corrected chi connectivity index (χ1v) is 4.87. The maximum absolute atomic E-state index is 11.2. The van der Waals surface area contributed by atoms with Crippen LogP contribution in [-0.4, -0.2) is 23.7 Å². The van der Waals surface area contributed by atoms with Crippen molar-refractivity contribution < 1.29 is 14.6 Å². The molecule has 1 heterocycles. The lowest BCUT2D eigenvalue weighted by molar-refractivity contribution is -0.122. The number of ether oxygens (including phenoxy) is 1. The summed E-state index contributed by atoms with van der Waals surface area (Å²) in [5, 5.41) is 11.6. The van der Waals surface area contributed by atoms with Gasteiger partial charge in [-0.1, -0.05) is 24.3 Å². The Bertz CT molecular complexity index is 343. The van der Waals surface area contributed by atoms with Crippen molar-refractivity contribution >= 4 is 5.91 Å². The molecule has 0 unspecified atom stereocenters. The zero-order valence-corrected chi connectivity index (χ0v) is 8.27. The molecule has 0 aromatic heterocycles. The number of hydrogen-bond donors (Lipinski definition) is 2. The van der Waals surface area contributed by atoms with E-state index >= 15 is 0 Å². The summed E-state index contributed by atoms with van der Waals surface area (Å²) in [5.41, 5.74) is 1.89. The molecule has 80 valence electrons. The molecule has 15 heavy (non-hydrogen) atoms. The number of epoxide rings is 1. The zero-order valence-electron chi connectivity index (χ0n) is 8.27. The molecule has 0 bridgehead atoms. The van der Waals surface area contributed by atoms with Gasteiger partial charge in [-0.15, -0.1) is 0 Å². The molecule has 2 rings (SSSR count). The largest absolute Gasteiger partial charge is 0.392 e. The van der Waals surface area contributed by atoms with Crippen LogP contribution in [0.3, 0.4) is 0 Å². The maximum atomic E-state index is 11.2. The van der Waals surface area contributed by atoms with E-state index in [1.807, 2.05) is 24.3 Å². The van der Waals surface area contributed by atoms with E-state index < -0.39 is 0 Å². The first kappa shape index (κ1) is 10.1. The molecule has 2 N–H and O–H groups in total. The smallest absolute Gasteiger partial charge is 0.251 e. The Kier molecular flexibility index (Phi) is 2.99. The Hall–Kier alpha value is -1.39. The van der Waals surface area contributed by atoms with Crippen LogP contribution >= 0.6 is 0 Å². The maximum Gasteiger partial charge on any atom is 0.251 e. The van der Waals surface area contributed by atoms with Gasteiger partial charge in [0.1, 0.15) is 0 Å². The van der Waals surface area contributed by atoms with Gasteiger partial charge < -0.3 is 15.2 Å². The summed E-state index contributed by atoms with van der Waals surface area (Å²) in [6.07, 6.45) is -0.235. The fourth-order valence-corrected chi connectivity index (χ4v) is 1.27. The molecule has 4 nitrogen and oxygen atoms in total. The van der Waals surface area contributed by atoms with Gasteiger partial charge in [0.05, 0.1) is 13.2 Å². The molecule has 0 aliphatic carbocycles. The van der Waals surface area contributed by atoms with E-state index in [0.29, 0.717) is 13.2 Å². The first-order valence-electron chi connectivity index (χ1n) is 4.87. The van der Waals surface area contributed by atoms with Crippen LogP contribution in [-0.2, 0) is 22.7 Å². The first-order chi connectivity index (χ1) is 7.29. The predicted octanol–water partition coefficient (Wildman–Crippen LogP) is 0.194. The highest BCUT2D eigenvalue weighted by Gasteiger charge is 2.30. The Morgan fingerprint density at radius 1 is 1.40 bits per heavy atom. The number of carbonyl (C=O) groups is 1. The summed E-state index contributed by atoms with van der Waals surface area (Å²) in [5.74, 6) is -0.0544. The van der Waals surface area contributed by atoms with Gasteiger partial charge in [-0.2, -0.15) is 0 Å². The second kappa shape index (κ2) is 4.42. The summed E-state index contributed by atoms with van der Waals surface area (Å²) in [6.45, 7) is 1.09. The number of hydrogen-bond acceptors (Lipinski definition) is 3. The average Bonchev–Trinajstić information content (AvgIpc) is 3.10. The number of nitrogens with one attached hydrogen (secondary N) is 1. The zero-order chi connectivity index (χ0) is 10.7. The van der Waals surface area contributed by atoms with E-state index in [9.17, 15) is 4.79 Å². The highest BCUT2D eigenvalue weighted by molar-refractivity contribution is 5.82. The third-order valence-corrected chi connectivity index (χ3v) is 2.30. The molecular formula is C11H13NO3. The van der Waals surface area contributed by atoms with Crippen molar-refractivity contribution in [2.24, 2.45) is 0 Å². The topological polar surface area (TPSA) is 61.9 Å². The van der Waals surface area contributed by atoms with Crippen LogP contribution in [0.25, 0.3) is 0 Å². The lowest BCUT2D eigenvalue weighted by Crippen LogP contribution is -2.27. The van der Waals surface area contributed by atoms with Gasteiger partial charge in [0.25, 0.3) is 5.91 Å². The summed E-state index contributed by atoms with van der Waals surface area (Å²) >= 11 is 0.